The molecule has 5 nitrogen and oxygen atoms in total. The van der Waals surface area contributed by atoms with Crippen molar-refractivity contribution in [1.29, 1.82) is 0 Å². The van der Waals surface area contributed by atoms with Gasteiger partial charge in [0.15, 0.2) is 5.16 Å². The van der Waals surface area contributed by atoms with Crippen molar-refractivity contribution in [3.8, 4) is 0 Å². The number of rotatable bonds is 5. The van der Waals surface area contributed by atoms with Crippen LogP contribution in [0.5, 0.6) is 0 Å². The lowest BCUT2D eigenvalue weighted by Crippen LogP contribution is -2.32. The van der Waals surface area contributed by atoms with E-state index in [0.717, 1.165) is 33.5 Å². The van der Waals surface area contributed by atoms with Gasteiger partial charge in [-0.15, -0.1) is 0 Å². The van der Waals surface area contributed by atoms with Crippen LogP contribution in [-0.4, -0.2) is 39.6 Å². The summed E-state index contributed by atoms with van der Waals surface area (Å²) in [6, 6.07) is 6.30. The fraction of sp³-hybridized carbons (Fsp3) is 0.429. The van der Waals surface area contributed by atoms with Crippen molar-refractivity contribution >= 4 is 44.7 Å². The molecule has 1 fully saturated rings. The zero-order valence-corrected chi connectivity index (χ0v) is 13.9. The van der Waals surface area contributed by atoms with E-state index in [1.165, 1.54) is 11.8 Å². The molecule has 0 spiro atoms. The molecule has 3 rings (SSSR count). The van der Waals surface area contributed by atoms with Crippen LogP contribution in [0.2, 0.25) is 0 Å². The minimum absolute atomic E-state index is 0.0188. The number of thioether (sulfide) groups is 1. The van der Waals surface area contributed by atoms with E-state index in [4.69, 9.17) is 9.84 Å². The predicted molar refractivity (Wildman–Crippen MR) is 84.9 cm³/mol. The number of carboxylic acids is 1. The van der Waals surface area contributed by atoms with Gasteiger partial charge in [0.05, 0.1) is 22.9 Å². The van der Waals surface area contributed by atoms with Gasteiger partial charge in [0.1, 0.15) is 0 Å². The summed E-state index contributed by atoms with van der Waals surface area (Å²) in [5.41, 5.74) is 1.93. The molecule has 1 aliphatic rings. The molecule has 0 saturated heterocycles. The third kappa shape index (κ3) is 2.95. The molecule has 0 amide bonds. The first-order valence-electron chi connectivity index (χ1n) is 6.63. The largest absolute Gasteiger partial charge is 0.481 e. The maximum atomic E-state index is 10.8. The van der Waals surface area contributed by atoms with Gasteiger partial charge in [-0.1, -0.05) is 27.7 Å². The number of nitrogens with zero attached hydrogens (tertiary/aromatic N) is 2. The van der Waals surface area contributed by atoms with Crippen molar-refractivity contribution in [2.75, 3.05) is 12.9 Å². The van der Waals surface area contributed by atoms with E-state index in [1.807, 2.05) is 18.2 Å². The maximum Gasteiger partial charge on any atom is 0.313 e. The first-order valence-corrected chi connectivity index (χ1v) is 8.41. The zero-order chi connectivity index (χ0) is 15.0. The van der Waals surface area contributed by atoms with Gasteiger partial charge >= 0.3 is 5.97 Å². The smallest absolute Gasteiger partial charge is 0.313 e. The molecule has 0 unspecified atom stereocenters. The average Bonchev–Trinajstić information content (AvgIpc) is 2.73. The van der Waals surface area contributed by atoms with E-state index in [0.29, 0.717) is 12.1 Å². The third-order valence-electron chi connectivity index (χ3n) is 3.71. The molecule has 0 aliphatic heterocycles. The van der Waals surface area contributed by atoms with Gasteiger partial charge in [0.25, 0.3) is 0 Å². The third-order valence-corrected chi connectivity index (χ3v) is 5.14. The molecule has 1 N–H and O–H groups in total. The predicted octanol–water partition coefficient (Wildman–Crippen LogP) is 3.33. The number of carboxylic acid groups (broad SMARTS) is 1. The molecule has 1 aromatic carbocycles. The fourth-order valence-corrected chi connectivity index (χ4v) is 3.72. The summed E-state index contributed by atoms with van der Waals surface area (Å²) in [5, 5.41) is 9.66. The number of methoxy groups -OCH3 is 1. The number of fused-ring (bicyclic) bond motifs is 1. The average molecular weight is 371 g/mol. The minimum Gasteiger partial charge on any atom is -0.481 e. The lowest BCUT2D eigenvalue weighted by molar-refractivity contribution is -0.133. The quantitative estimate of drug-likeness (QED) is 0.817. The summed E-state index contributed by atoms with van der Waals surface area (Å²) >= 11 is 4.72. The molecule has 112 valence electrons. The van der Waals surface area contributed by atoms with Crippen molar-refractivity contribution in [1.82, 2.24) is 9.55 Å². The van der Waals surface area contributed by atoms with Crippen molar-refractivity contribution < 1.29 is 14.6 Å². The lowest BCUT2D eigenvalue weighted by atomic mass is 9.89. The van der Waals surface area contributed by atoms with Gasteiger partial charge in [0, 0.05) is 17.6 Å². The Morgan fingerprint density at radius 2 is 2.33 bits per heavy atom. The molecule has 1 saturated carbocycles. The van der Waals surface area contributed by atoms with Crippen LogP contribution in [0.15, 0.2) is 27.8 Å². The Balaban J connectivity index is 1.97. The number of hydrogen-bond acceptors (Lipinski definition) is 4. The van der Waals surface area contributed by atoms with E-state index < -0.39 is 5.97 Å². The van der Waals surface area contributed by atoms with Crippen LogP contribution in [0, 0.1) is 0 Å². The number of ether oxygens (including phenoxy) is 1. The number of halogens is 1. The maximum absolute atomic E-state index is 10.8. The number of hydrogen-bond donors (Lipinski definition) is 1. The highest BCUT2D eigenvalue weighted by molar-refractivity contribution is 9.10. The Hall–Kier alpha value is -1.05. The molecule has 7 heteroatoms. The standard InChI is InChI=1S/C14H15BrN2O3S/c1-20-10-5-9(6-10)17-12-3-2-8(15)4-11(12)16-14(17)21-7-13(18)19/h2-4,9-10H,5-7H2,1H3,(H,18,19). The van der Waals surface area contributed by atoms with Gasteiger partial charge in [0.2, 0.25) is 0 Å². The number of benzene rings is 1. The van der Waals surface area contributed by atoms with E-state index in [2.05, 4.69) is 25.5 Å². The fourth-order valence-electron chi connectivity index (χ4n) is 2.57. The summed E-state index contributed by atoms with van der Waals surface area (Å²) in [6.45, 7) is 0. The molecule has 0 atom stereocenters. The van der Waals surface area contributed by atoms with Crippen LogP contribution >= 0.6 is 27.7 Å². The highest BCUT2D eigenvalue weighted by Gasteiger charge is 2.33. The van der Waals surface area contributed by atoms with Crippen LogP contribution in [0.3, 0.4) is 0 Å². The second-order valence-corrected chi connectivity index (χ2v) is 6.92. The molecule has 1 aromatic heterocycles. The molecule has 1 heterocycles. The molecule has 0 radical (unpaired) electrons. The van der Waals surface area contributed by atoms with Crippen LogP contribution in [0.1, 0.15) is 18.9 Å². The summed E-state index contributed by atoms with van der Waals surface area (Å²) < 4.78 is 8.47. The van der Waals surface area contributed by atoms with Crippen molar-refractivity contribution in [2.24, 2.45) is 0 Å². The number of aromatic nitrogens is 2. The van der Waals surface area contributed by atoms with E-state index >= 15 is 0 Å². The SMILES string of the molecule is COC1CC(n2c(SCC(=O)O)nc3cc(Br)ccc32)C1. The van der Waals surface area contributed by atoms with E-state index in [9.17, 15) is 4.79 Å². The van der Waals surface area contributed by atoms with Gasteiger partial charge in [-0.2, -0.15) is 0 Å². The van der Waals surface area contributed by atoms with E-state index in [1.54, 1.807) is 7.11 Å². The second kappa shape index (κ2) is 5.98. The zero-order valence-electron chi connectivity index (χ0n) is 11.5. The Morgan fingerprint density at radius 3 is 3.00 bits per heavy atom. The van der Waals surface area contributed by atoms with Gasteiger partial charge in [-0.05, 0) is 31.0 Å². The van der Waals surface area contributed by atoms with E-state index in [-0.39, 0.29) is 5.75 Å². The normalized spacial score (nSPS) is 21.4. The number of carbonyl (C=O) groups is 1. The highest BCUT2D eigenvalue weighted by atomic mass is 79.9. The summed E-state index contributed by atoms with van der Waals surface area (Å²) in [6.07, 6.45) is 2.18. The van der Waals surface area contributed by atoms with Crippen LogP contribution in [-0.2, 0) is 9.53 Å². The number of imidazole rings is 1. The first-order chi connectivity index (χ1) is 10.1. The minimum atomic E-state index is -0.830. The number of aliphatic carboxylic acids is 1. The Morgan fingerprint density at radius 1 is 1.57 bits per heavy atom. The lowest BCUT2D eigenvalue weighted by Gasteiger charge is -2.36. The highest BCUT2D eigenvalue weighted by Crippen LogP contribution is 2.40. The topological polar surface area (TPSA) is 64.3 Å². The van der Waals surface area contributed by atoms with Gasteiger partial charge in [-0.25, -0.2) is 4.98 Å². The monoisotopic (exact) mass is 370 g/mol. The van der Waals surface area contributed by atoms with Gasteiger partial charge in [-0.3, -0.25) is 4.79 Å². The summed E-state index contributed by atoms with van der Waals surface area (Å²) in [4.78, 5) is 15.4. The Bertz CT molecular complexity index is 682. The van der Waals surface area contributed by atoms with Crippen molar-refractivity contribution in [2.45, 2.75) is 30.1 Å². The Labute approximate surface area is 134 Å². The van der Waals surface area contributed by atoms with Crippen molar-refractivity contribution in [3.63, 3.8) is 0 Å². The Kier molecular flexibility index (Phi) is 4.24. The molecule has 21 heavy (non-hydrogen) atoms. The summed E-state index contributed by atoms with van der Waals surface area (Å²) in [7, 11) is 1.73. The van der Waals surface area contributed by atoms with Crippen LogP contribution in [0.4, 0.5) is 0 Å². The van der Waals surface area contributed by atoms with Crippen molar-refractivity contribution in [3.05, 3.63) is 22.7 Å². The first kappa shape index (κ1) is 14.9. The molecule has 1 aliphatic carbocycles. The summed E-state index contributed by atoms with van der Waals surface area (Å²) in [5.74, 6) is -0.812. The second-order valence-electron chi connectivity index (χ2n) is 5.06. The molecule has 2 aromatic rings. The van der Waals surface area contributed by atoms with Gasteiger partial charge < -0.3 is 14.4 Å². The van der Waals surface area contributed by atoms with Crippen LogP contribution in [0.25, 0.3) is 11.0 Å². The van der Waals surface area contributed by atoms with Crippen LogP contribution < -0.4 is 0 Å². The molecular weight excluding hydrogens is 356 g/mol. The molecular formula is C14H15BrN2O3S. The molecule has 0 bridgehead atoms.